The first-order valence-electron chi connectivity index (χ1n) is 4.00. The van der Waals surface area contributed by atoms with E-state index in [0.717, 1.165) is 0 Å². The zero-order valence-electron chi connectivity index (χ0n) is 8.17. The number of aromatic nitrogens is 2. The van der Waals surface area contributed by atoms with Crippen molar-refractivity contribution in [3.63, 3.8) is 0 Å². The number of hydrogen-bond acceptors (Lipinski definition) is 3. The Morgan fingerprint density at radius 2 is 2.36 bits per heavy atom. The first-order chi connectivity index (χ1) is 6.46. The smallest absolute Gasteiger partial charge is 0.308 e. The van der Waals surface area contributed by atoms with Crippen molar-refractivity contribution in [2.45, 2.75) is 0 Å². The van der Waals surface area contributed by atoms with Crippen molar-refractivity contribution >= 4 is 10.1 Å². The summed E-state index contributed by atoms with van der Waals surface area (Å²) in [5.74, 6) is -0.196. The zero-order chi connectivity index (χ0) is 10.8. The second-order valence-electron chi connectivity index (χ2n) is 2.90. The van der Waals surface area contributed by atoms with Gasteiger partial charge in [0.25, 0.3) is 0 Å². The summed E-state index contributed by atoms with van der Waals surface area (Å²) in [4.78, 5) is 0. The van der Waals surface area contributed by atoms with Gasteiger partial charge in [0.15, 0.2) is 0 Å². The van der Waals surface area contributed by atoms with E-state index in [4.69, 9.17) is 4.18 Å². The minimum absolute atomic E-state index is 0.196. The van der Waals surface area contributed by atoms with Crippen LogP contribution in [0.25, 0.3) is 0 Å². The van der Waals surface area contributed by atoms with Gasteiger partial charge in [0.2, 0.25) is 0 Å². The molecule has 6 heteroatoms. The van der Waals surface area contributed by atoms with Crippen LogP contribution in [-0.2, 0) is 24.2 Å². The molecule has 0 aromatic carbocycles. The Morgan fingerprint density at radius 1 is 1.71 bits per heavy atom. The second kappa shape index (κ2) is 3.83. The highest BCUT2D eigenvalue weighted by atomic mass is 32.2. The minimum Gasteiger partial charge on any atom is -0.308 e. The minimum atomic E-state index is -3.56. The van der Waals surface area contributed by atoms with Crippen LogP contribution >= 0.6 is 0 Å². The summed E-state index contributed by atoms with van der Waals surface area (Å²) in [6.45, 7) is 3.35. The van der Waals surface area contributed by atoms with E-state index in [1.165, 1.54) is 6.08 Å². The van der Waals surface area contributed by atoms with Crippen molar-refractivity contribution in [1.82, 2.24) is 4.57 Å². The number of hydrogen-bond donors (Lipinski definition) is 0. The molecule has 1 heterocycles. The summed E-state index contributed by atoms with van der Waals surface area (Å²) in [5, 5.41) is 0. The van der Waals surface area contributed by atoms with Crippen LogP contribution in [0.1, 0.15) is 0 Å². The maximum Gasteiger partial charge on any atom is 0.471 e. The Bertz CT molecular complexity index is 414. The van der Waals surface area contributed by atoms with Gasteiger partial charge in [-0.2, -0.15) is 17.6 Å². The summed E-state index contributed by atoms with van der Waals surface area (Å²) in [6, 6.07) is 0.270. The average molecular weight is 217 g/mol. The topological polar surface area (TPSA) is 52.2 Å². The molecule has 0 aliphatic rings. The third kappa shape index (κ3) is 2.35. The molecule has 0 aliphatic carbocycles. The van der Waals surface area contributed by atoms with E-state index in [1.54, 1.807) is 35.6 Å². The SMILES string of the molecule is C=CCS(=O)(=O)Oc1n(C)cc[n+]1C. The fourth-order valence-corrected chi connectivity index (χ4v) is 1.80. The van der Waals surface area contributed by atoms with Crippen LogP contribution in [0.4, 0.5) is 0 Å². The normalized spacial score (nSPS) is 11.3. The molecule has 0 aliphatic heterocycles. The Kier molecular flexibility index (Phi) is 2.95. The first kappa shape index (κ1) is 10.8. The second-order valence-corrected chi connectivity index (χ2v) is 4.51. The summed E-state index contributed by atoms with van der Waals surface area (Å²) < 4.78 is 30.6. The summed E-state index contributed by atoms with van der Waals surface area (Å²) >= 11 is 0. The fourth-order valence-electron chi connectivity index (χ4n) is 0.986. The Hall–Kier alpha value is -1.30. The van der Waals surface area contributed by atoms with Crippen molar-refractivity contribution in [3.05, 3.63) is 25.0 Å². The van der Waals surface area contributed by atoms with Gasteiger partial charge in [0.05, 0.1) is 14.1 Å². The summed E-state index contributed by atoms with van der Waals surface area (Å²) in [5.41, 5.74) is 0. The zero-order valence-corrected chi connectivity index (χ0v) is 8.99. The first-order valence-corrected chi connectivity index (χ1v) is 5.58. The van der Waals surface area contributed by atoms with Crippen molar-refractivity contribution in [3.8, 4) is 6.01 Å². The predicted molar refractivity (Wildman–Crippen MR) is 51.2 cm³/mol. The highest BCUT2D eigenvalue weighted by Gasteiger charge is 2.20. The molecule has 0 unspecified atom stereocenters. The third-order valence-corrected chi connectivity index (χ3v) is 2.69. The maximum atomic E-state index is 11.3. The van der Waals surface area contributed by atoms with E-state index in [2.05, 4.69) is 6.58 Å². The van der Waals surface area contributed by atoms with Crippen LogP contribution in [0.2, 0.25) is 0 Å². The molecule has 5 nitrogen and oxygen atoms in total. The van der Waals surface area contributed by atoms with Crippen LogP contribution in [0.3, 0.4) is 0 Å². The predicted octanol–water partition coefficient (Wildman–Crippen LogP) is -0.256. The van der Waals surface area contributed by atoms with Crippen LogP contribution in [-0.4, -0.2) is 18.7 Å². The molecular weight excluding hydrogens is 204 g/mol. The van der Waals surface area contributed by atoms with E-state index in [-0.39, 0.29) is 11.8 Å². The molecule has 0 saturated heterocycles. The molecule has 1 rings (SSSR count). The number of imidazole rings is 1. The van der Waals surface area contributed by atoms with Crippen molar-refractivity contribution in [2.24, 2.45) is 14.1 Å². The van der Waals surface area contributed by atoms with Crippen LogP contribution in [0.15, 0.2) is 25.0 Å². The Balaban J connectivity index is 2.94. The van der Waals surface area contributed by atoms with E-state index >= 15 is 0 Å². The molecule has 14 heavy (non-hydrogen) atoms. The largest absolute Gasteiger partial charge is 0.471 e. The van der Waals surface area contributed by atoms with E-state index in [1.807, 2.05) is 0 Å². The summed E-state index contributed by atoms with van der Waals surface area (Å²) in [6.07, 6.45) is 4.70. The molecule has 0 saturated carbocycles. The lowest BCUT2D eigenvalue weighted by molar-refractivity contribution is -0.674. The van der Waals surface area contributed by atoms with E-state index in [9.17, 15) is 8.42 Å². The van der Waals surface area contributed by atoms with E-state index in [0.29, 0.717) is 0 Å². The van der Waals surface area contributed by atoms with Gasteiger partial charge in [-0.15, -0.1) is 6.58 Å². The fraction of sp³-hybridized carbons (Fsp3) is 0.375. The molecule has 78 valence electrons. The van der Waals surface area contributed by atoms with Gasteiger partial charge < -0.3 is 4.18 Å². The van der Waals surface area contributed by atoms with Crippen molar-refractivity contribution in [1.29, 1.82) is 0 Å². The van der Waals surface area contributed by atoms with Crippen molar-refractivity contribution in [2.75, 3.05) is 5.75 Å². The van der Waals surface area contributed by atoms with Gasteiger partial charge in [-0.25, -0.2) is 0 Å². The standard InChI is InChI=1S/C8H13N2O3S/c1-4-7-14(11,12)13-8-9(2)5-6-10(8)3/h4-6H,1,7H2,2-3H3/q+1. The lowest BCUT2D eigenvalue weighted by Crippen LogP contribution is -2.31. The van der Waals surface area contributed by atoms with Gasteiger partial charge in [-0.05, 0) is 0 Å². The molecule has 0 amide bonds. The summed E-state index contributed by atoms with van der Waals surface area (Å²) in [7, 11) is -0.145. The van der Waals surface area contributed by atoms with Gasteiger partial charge in [0.1, 0.15) is 18.1 Å². The van der Waals surface area contributed by atoms with E-state index < -0.39 is 10.1 Å². The molecule has 0 bridgehead atoms. The molecule has 1 aromatic rings. The highest BCUT2D eigenvalue weighted by Crippen LogP contribution is 2.05. The molecule has 0 spiro atoms. The highest BCUT2D eigenvalue weighted by molar-refractivity contribution is 7.87. The molecular formula is C8H13N2O3S+. The number of aryl methyl sites for hydroxylation is 2. The quantitative estimate of drug-likeness (QED) is 0.397. The number of nitrogens with zero attached hydrogens (tertiary/aromatic N) is 2. The molecule has 1 aromatic heterocycles. The van der Waals surface area contributed by atoms with Gasteiger partial charge >= 0.3 is 16.1 Å². The van der Waals surface area contributed by atoms with Gasteiger partial charge in [-0.3, -0.25) is 0 Å². The Morgan fingerprint density at radius 3 is 2.79 bits per heavy atom. The maximum absolute atomic E-state index is 11.3. The van der Waals surface area contributed by atoms with Gasteiger partial charge in [-0.1, -0.05) is 6.08 Å². The third-order valence-electron chi connectivity index (χ3n) is 1.64. The molecule has 0 fully saturated rings. The lowest BCUT2D eigenvalue weighted by Gasteiger charge is -2.00. The van der Waals surface area contributed by atoms with Crippen LogP contribution in [0, 0.1) is 0 Å². The molecule has 0 N–H and O–H groups in total. The average Bonchev–Trinajstić information content (AvgIpc) is 2.35. The van der Waals surface area contributed by atoms with Crippen molar-refractivity contribution < 1.29 is 17.2 Å². The monoisotopic (exact) mass is 217 g/mol. The molecule has 0 atom stereocenters. The number of rotatable bonds is 4. The van der Waals surface area contributed by atoms with Gasteiger partial charge in [0, 0.05) is 0 Å². The van der Waals surface area contributed by atoms with Crippen LogP contribution < -0.4 is 8.75 Å². The van der Waals surface area contributed by atoms with Crippen LogP contribution in [0.5, 0.6) is 6.01 Å². The Labute approximate surface area is 83.4 Å². The lowest BCUT2D eigenvalue weighted by atomic mass is 10.8. The molecule has 0 radical (unpaired) electrons.